The van der Waals surface area contributed by atoms with Crippen LogP contribution in [0.25, 0.3) is 0 Å². The lowest BCUT2D eigenvalue weighted by Gasteiger charge is -2.35. The highest BCUT2D eigenvalue weighted by Crippen LogP contribution is 2.34. The summed E-state index contributed by atoms with van der Waals surface area (Å²) in [5.41, 5.74) is 1.81. The Labute approximate surface area is 230 Å². The van der Waals surface area contributed by atoms with Crippen molar-refractivity contribution in [1.82, 2.24) is 15.2 Å². The molecule has 3 aliphatic rings. The molecule has 216 valence electrons. The number of pyridine rings is 1. The number of carboxylic acids is 1. The number of carbonyl (C=O) groups excluding carboxylic acids is 2. The number of aryl methyl sites for hydroxylation is 2. The zero-order chi connectivity index (χ0) is 28.0. The Balaban J connectivity index is 1.09. The van der Waals surface area contributed by atoms with Gasteiger partial charge in [-0.25, -0.2) is 19.4 Å². The zero-order valence-corrected chi connectivity index (χ0v) is 23.2. The van der Waals surface area contributed by atoms with Crippen molar-refractivity contribution in [2.75, 3.05) is 31.6 Å². The Morgan fingerprint density at radius 3 is 2.77 bits per heavy atom. The van der Waals surface area contributed by atoms with Crippen LogP contribution in [0.4, 0.5) is 15.4 Å². The maximum Gasteiger partial charge on any atom is 0.410 e. The summed E-state index contributed by atoms with van der Waals surface area (Å²) < 4.78 is 16.6. The van der Waals surface area contributed by atoms with Crippen molar-refractivity contribution in [2.24, 2.45) is 5.92 Å². The second-order valence-corrected chi connectivity index (χ2v) is 11.8. The van der Waals surface area contributed by atoms with Gasteiger partial charge in [0.25, 0.3) is 0 Å². The monoisotopic (exact) mass is 546 g/mol. The molecule has 1 saturated carbocycles. The van der Waals surface area contributed by atoms with E-state index in [2.05, 4.69) is 22.8 Å². The van der Waals surface area contributed by atoms with Gasteiger partial charge in [-0.3, -0.25) is 0 Å². The summed E-state index contributed by atoms with van der Waals surface area (Å²) in [5.74, 6) is 0.469. The summed E-state index contributed by atoms with van der Waals surface area (Å²) in [4.78, 5) is 42.4. The number of hydrogen-bond acceptors (Lipinski definition) is 8. The van der Waals surface area contributed by atoms with Crippen LogP contribution in [0.5, 0.6) is 0 Å². The molecule has 0 spiro atoms. The van der Waals surface area contributed by atoms with E-state index in [-0.39, 0.29) is 25.7 Å². The Kier molecular flexibility index (Phi) is 9.53. The topological polar surface area (TPSA) is 139 Å². The minimum atomic E-state index is -1.14. The van der Waals surface area contributed by atoms with Crippen LogP contribution in [0.15, 0.2) is 12.1 Å². The maximum absolute atomic E-state index is 12.3. The summed E-state index contributed by atoms with van der Waals surface area (Å²) in [5, 5.41) is 15.3. The standard InChI is InChI=1S/C28H42N4O7/c1-28(2,3)39-27(36)32-13-10-21(17-32)38-26(35)31-23(25(33)34)11-14-37-22-15-18(16-22)6-8-20-9-7-19-5-4-12-29-24(19)30-20/h7,9,18,21-23H,4-6,8,10-17H2,1-3H3,(H,29,30)(H,31,35)(H,33,34)/t18?,21-,22?,23-/m0/s1. The number of carbonyl (C=O) groups is 3. The van der Waals surface area contributed by atoms with Crippen molar-refractivity contribution in [2.45, 2.75) is 96.0 Å². The summed E-state index contributed by atoms with van der Waals surface area (Å²) in [6.45, 7) is 7.20. The normalized spacial score (nSPS) is 23.2. The second kappa shape index (κ2) is 12.8. The molecular weight excluding hydrogens is 504 g/mol. The minimum Gasteiger partial charge on any atom is -0.480 e. The molecular formula is C28H42N4O7. The number of rotatable bonds is 10. The van der Waals surface area contributed by atoms with E-state index in [1.165, 1.54) is 10.5 Å². The largest absolute Gasteiger partial charge is 0.480 e. The van der Waals surface area contributed by atoms with E-state index in [0.717, 1.165) is 56.6 Å². The number of carboxylic acid groups (broad SMARTS) is 1. The molecule has 1 saturated heterocycles. The van der Waals surface area contributed by atoms with Gasteiger partial charge >= 0.3 is 18.2 Å². The van der Waals surface area contributed by atoms with E-state index >= 15 is 0 Å². The molecule has 1 aliphatic carbocycles. The third-order valence-electron chi connectivity index (χ3n) is 7.37. The van der Waals surface area contributed by atoms with Gasteiger partial charge in [-0.2, -0.15) is 0 Å². The highest BCUT2D eigenvalue weighted by atomic mass is 16.6. The van der Waals surface area contributed by atoms with E-state index in [1.54, 1.807) is 20.8 Å². The van der Waals surface area contributed by atoms with Gasteiger partial charge in [0, 0.05) is 38.2 Å². The van der Waals surface area contributed by atoms with E-state index in [1.807, 2.05) is 0 Å². The fraction of sp³-hybridized carbons (Fsp3) is 0.714. The molecule has 2 amide bonds. The van der Waals surface area contributed by atoms with Crippen LogP contribution in [0.3, 0.4) is 0 Å². The van der Waals surface area contributed by atoms with Crippen LogP contribution in [0.2, 0.25) is 0 Å². The molecule has 11 heteroatoms. The van der Waals surface area contributed by atoms with Crippen molar-refractivity contribution in [1.29, 1.82) is 0 Å². The molecule has 0 radical (unpaired) electrons. The van der Waals surface area contributed by atoms with Crippen LogP contribution in [0.1, 0.15) is 70.6 Å². The van der Waals surface area contributed by atoms with Gasteiger partial charge in [0.15, 0.2) is 0 Å². The van der Waals surface area contributed by atoms with Gasteiger partial charge in [0.2, 0.25) is 0 Å². The number of aromatic nitrogens is 1. The Morgan fingerprint density at radius 1 is 1.23 bits per heavy atom. The minimum absolute atomic E-state index is 0.117. The molecule has 0 unspecified atom stereocenters. The van der Waals surface area contributed by atoms with Crippen molar-refractivity contribution in [3.8, 4) is 0 Å². The lowest BCUT2D eigenvalue weighted by atomic mass is 9.79. The van der Waals surface area contributed by atoms with Crippen molar-refractivity contribution >= 4 is 24.0 Å². The number of fused-ring (bicyclic) bond motifs is 1. The Hall–Kier alpha value is -3.08. The molecule has 39 heavy (non-hydrogen) atoms. The van der Waals surface area contributed by atoms with Gasteiger partial charge in [-0.15, -0.1) is 0 Å². The maximum atomic E-state index is 12.3. The van der Waals surface area contributed by atoms with Crippen LogP contribution in [-0.4, -0.2) is 83.2 Å². The smallest absolute Gasteiger partial charge is 0.410 e. The number of nitrogens with one attached hydrogen (secondary N) is 2. The Bertz CT molecular complexity index is 1020. The number of aliphatic carboxylic acids is 1. The number of hydrogen-bond donors (Lipinski definition) is 3. The van der Waals surface area contributed by atoms with Gasteiger partial charge in [-0.05, 0) is 76.8 Å². The zero-order valence-electron chi connectivity index (χ0n) is 23.2. The van der Waals surface area contributed by atoms with Gasteiger partial charge in [0.05, 0.1) is 12.6 Å². The fourth-order valence-corrected chi connectivity index (χ4v) is 5.16. The third kappa shape index (κ3) is 8.71. The molecule has 0 bridgehead atoms. The van der Waals surface area contributed by atoms with Crippen LogP contribution in [-0.2, 0) is 31.8 Å². The number of nitrogens with zero attached hydrogens (tertiary/aromatic N) is 2. The highest BCUT2D eigenvalue weighted by molar-refractivity contribution is 5.80. The molecule has 1 aromatic heterocycles. The molecule has 3 heterocycles. The molecule has 1 aromatic rings. The van der Waals surface area contributed by atoms with E-state index in [0.29, 0.717) is 18.9 Å². The number of anilines is 1. The highest BCUT2D eigenvalue weighted by Gasteiger charge is 2.33. The molecule has 4 rings (SSSR count). The molecule has 11 nitrogen and oxygen atoms in total. The Morgan fingerprint density at radius 2 is 2.03 bits per heavy atom. The van der Waals surface area contributed by atoms with Crippen molar-refractivity contribution < 1.29 is 33.7 Å². The number of amides is 2. The lowest BCUT2D eigenvalue weighted by molar-refractivity contribution is -0.140. The fourth-order valence-electron chi connectivity index (χ4n) is 5.16. The lowest BCUT2D eigenvalue weighted by Crippen LogP contribution is -2.44. The van der Waals surface area contributed by atoms with Gasteiger partial charge in [0.1, 0.15) is 23.6 Å². The van der Waals surface area contributed by atoms with Gasteiger partial charge in [-0.1, -0.05) is 6.07 Å². The van der Waals surface area contributed by atoms with Crippen molar-refractivity contribution in [3.05, 3.63) is 23.4 Å². The van der Waals surface area contributed by atoms with Gasteiger partial charge < -0.3 is 34.9 Å². The van der Waals surface area contributed by atoms with E-state index < -0.39 is 35.9 Å². The number of alkyl carbamates (subject to hydrolysis) is 1. The third-order valence-corrected chi connectivity index (χ3v) is 7.37. The summed E-state index contributed by atoms with van der Waals surface area (Å²) in [6, 6.07) is 3.21. The number of likely N-dealkylation sites (tertiary alicyclic amines) is 1. The average molecular weight is 547 g/mol. The predicted molar refractivity (Wildman–Crippen MR) is 144 cm³/mol. The average Bonchev–Trinajstić information content (AvgIpc) is 3.31. The SMILES string of the molecule is CC(C)(C)OC(=O)N1CC[C@H](OC(=O)N[C@@H](CCOC2CC(CCc3ccc4c(n3)NCCC4)C2)C(=O)O)C1. The van der Waals surface area contributed by atoms with E-state index in [9.17, 15) is 19.5 Å². The van der Waals surface area contributed by atoms with Crippen LogP contribution < -0.4 is 10.6 Å². The quantitative estimate of drug-likeness (QED) is 0.400. The first-order valence-electron chi connectivity index (χ1n) is 14.1. The first kappa shape index (κ1) is 28.9. The molecule has 2 atom stereocenters. The molecule has 2 aliphatic heterocycles. The molecule has 2 fully saturated rings. The first-order valence-corrected chi connectivity index (χ1v) is 14.1. The molecule has 3 N–H and O–H groups in total. The summed E-state index contributed by atoms with van der Waals surface area (Å²) in [6.07, 6.45) is 5.09. The van der Waals surface area contributed by atoms with E-state index in [4.69, 9.17) is 19.2 Å². The van der Waals surface area contributed by atoms with Crippen molar-refractivity contribution in [3.63, 3.8) is 0 Å². The second-order valence-electron chi connectivity index (χ2n) is 11.8. The summed E-state index contributed by atoms with van der Waals surface area (Å²) >= 11 is 0. The number of ether oxygens (including phenoxy) is 3. The summed E-state index contributed by atoms with van der Waals surface area (Å²) in [7, 11) is 0. The van der Waals surface area contributed by atoms with Crippen LogP contribution >= 0.6 is 0 Å². The molecule has 0 aromatic carbocycles. The first-order chi connectivity index (χ1) is 18.6. The predicted octanol–water partition coefficient (Wildman–Crippen LogP) is 3.75. The van der Waals surface area contributed by atoms with Crippen LogP contribution in [0, 0.1) is 5.92 Å².